The number of nitrogens with zero attached hydrogens (tertiary/aromatic N) is 1. The number of halogens is 1. The molecule has 10 heteroatoms. The molecule has 2 atom stereocenters. The van der Waals surface area contributed by atoms with Crippen molar-refractivity contribution in [1.82, 2.24) is 19.6 Å². The van der Waals surface area contributed by atoms with Crippen LogP contribution >= 0.6 is 12.4 Å². The minimum absolute atomic E-state index is 0. The predicted octanol–water partition coefficient (Wildman–Crippen LogP) is 0.00910. The Morgan fingerprint density at radius 2 is 1.88 bits per heavy atom. The van der Waals surface area contributed by atoms with Crippen molar-refractivity contribution in [2.45, 2.75) is 30.8 Å². The number of piperazine rings is 1. The predicted molar refractivity (Wildman–Crippen MR) is 93.3 cm³/mol. The summed E-state index contributed by atoms with van der Waals surface area (Å²) in [6.07, 6.45) is 0. The van der Waals surface area contributed by atoms with Crippen LogP contribution in [0, 0.1) is 0 Å². The first-order valence-corrected chi connectivity index (χ1v) is 8.76. The van der Waals surface area contributed by atoms with E-state index in [0.717, 1.165) is 0 Å². The first kappa shape index (κ1) is 18.7. The second-order valence-electron chi connectivity index (χ2n) is 5.71. The highest BCUT2D eigenvalue weighted by Crippen LogP contribution is 2.23. The molecule has 24 heavy (non-hydrogen) atoms. The summed E-state index contributed by atoms with van der Waals surface area (Å²) < 4.78 is 27.2. The third-order valence-corrected chi connectivity index (χ3v) is 6.28. The minimum Gasteiger partial charge on any atom is -0.311 e. The van der Waals surface area contributed by atoms with Crippen molar-refractivity contribution in [2.24, 2.45) is 0 Å². The molecule has 1 saturated heterocycles. The Labute approximate surface area is 144 Å². The first-order chi connectivity index (χ1) is 10.8. The Morgan fingerprint density at radius 1 is 1.17 bits per heavy atom. The molecule has 0 amide bonds. The van der Waals surface area contributed by atoms with Gasteiger partial charge in [0.2, 0.25) is 10.0 Å². The van der Waals surface area contributed by atoms with Gasteiger partial charge in [0, 0.05) is 25.2 Å². The number of sulfonamides is 1. The number of rotatable bonds is 2. The molecule has 0 radical (unpaired) electrons. The summed E-state index contributed by atoms with van der Waals surface area (Å²) in [5.74, 6) is 0. The summed E-state index contributed by atoms with van der Waals surface area (Å²) in [6, 6.07) is 4.00. The maximum Gasteiger partial charge on any atom is 0.326 e. The van der Waals surface area contributed by atoms with Gasteiger partial charge in [0.1, 0.15) is 0 Å². The zero-order chi connectivity index (χ0) is 16.8. The number of hydrogen-bond donors (Lipinski definition) is 3. The molecular formula is C14H19ClN4O4S. The highest BCUT2D eigenvalue weighted by atomic mass is 35.5. The third kappa shape index (κ3) is 3.12. The fraction of sp³-hybridized carbons (Fsp3) is 0.429. The van der Waals surface area contributed by atoms with Crippen molar-refractivity contribution in [1.29, 1.82) is 0 Å². The van der Waals surface area contributed by atoms with Gasteiger partial charge in [-0.15, -0.1) is 12.4 Å². The van der Waals surface area contributed by atoms with Gasteiger partial charge in [0.15, 0.2) is 0 Å². The van der Waals surface area contributed by atoms with Crippen molar-refractivity contribution < 1.29 is 8.42 Å². The van der Waals surface area contributed by atoms with Crippen molar-refractivity contribution in [3.63, 3.8) is 0 Å². The van der Waals surface area contributed by atoms with E-state index in [1.54, 1.807) is 0 Å². The number of fused-ring (bicyclic) bond motifs is 1. The fourth-order valence-electron chi connectivity index (χ4n) is 2.81. The number of nitrogens with one attached hydrogen (secondary N) is 3. The highest BCUT2D eigenvalue weighted by molar-refractivity contribution is 7.89. The minimum atomic E-state index is -3.71. The highest BCUT2D eigenvalue weighted by Gasteiger charge is 2.34. The number of aromatic amines is 2. The van der Waals surface area contributed by atoms with E-state index in [1.165, 1.54) is 22.5 Å². The molecule has 0 aliphatic carbocycles. The van der Waals surface area contributed by atoms with Gasteiger partial charge in [-0.25, -0.2) is 13.2 Å². The van der Waals surface area contributed by atoms with E-state index < -0.39 is 21.3 Å². The molecule has 2 heterocycles. The van der Waals surface area contributed by atoms with Crippen LogP contribution in [0.25, 0.3) is 10.9 Å². The lowest BCUT2D eigenvalue weighted by Gasteiger charge is -2.37. The Hall–Kier alpha value is -1.68. The average Bonchev–Trinajstić information content (AvgIpc) is 2.49. The molecule has 1 aliphatic rings. The van der Waals surface area contributed by atoms with Gasteiger partial charge in [0.25, 0.3) is 5.56 Å². The van der Waals surface area contributed by atoms with E-state index in [9.17, 15) is 18.0 Å². The van der Waals surface area contributed by atoms with Gasteiger partial charge in [-0.1, -0.05) is 0 Å². The van der Waals surface area contributed by atoms with Crippen molar-refractivity contribution in [3.05, 3.63) is 39.0 Å². The lowest BCUT2D eigenvalue weighted by molar-refractivity contribution is 0.233. The average molecular weight is 375 g/mol. The van der Waals surface area contributed by atoms with Crippen molar-refractivity contribution >= 4 is 33.3 Å². The molecule has 1 aromatic heterocycles. The summed E-state index contributed by atoms with van der Waals surface area (Å²) >= 11 is 0. The molecular weight excluding hydrogens is 356 g/mol. The van der Waals surface area contributed by atoms with Crippen molar-refractivity contribution in [3.8, 4) is 0 Å². The Bertz CT molecular complexity index is 969. The van der Waals surface area contributed by atoms with Crippen LogP contribution in [0.3, 0.4) is 0 Å². The third-order valence-electron chi connectivity index (χ3n) is 4.29. The zero-order valence-electron chi connectivity index (χ0n) is 13.2. The summed E-state index contributed by atoms with van der Waals surface area (Å²) in [5.41, 5.74) is -0.926. The Morgan fingerprint density at radius 3 is 2.58 bits per heavy atom. The molecule has 8 nitrogen and oxygen atoms in total. The van der Waals surface area contributed by atoms with Gasteiger partial charge in [-0.3, -0.25) is 9.78 Å². The monoisotopic (exact) mass is 374 g/mol. The molecule has 1 aromatic carbocycles. The van der Waals surface area contributed by atoms with Crippen LogP contribution in [0.4, 0.5) is 0 Å². The second-order valence-corrected chi connectivity index (χ2v) is 7.61. The number of aromatic nitrogens is 2. The van der Waals surface area contributed by atoms with E-state index in [-0.39, 0.29) is 34.8 Å². The van der Waals surface area contributed by atoms with Gasteiger partial charge < -0.3 is 10.3 Å². The van der Waals surface area contributed by atoms with Crippen LogP contribution in [0.5, 0.6) is 0 Å². The molecule has 0 bridgehead atoms. The summed E-state index contributed by atoms with van der Waals surface area (Å²) in [5, 5.41) is 3.37. The molecule has 1 fully saturated rings. The van der Waals surface area contributed by atoms with E-state index >= 15 is 0 Å². The lowest BCUT2D eigenvalue weighted by Crippen LogP contribution is -2.57. The molecule has 0 saturated carbocycles. The number of benzene rings is 1. The Kier molecular flexibility index (Phi) is 5.19. The van der Waals surface area contributed by atoms with Crippen LogP contribution in [0.15, 0.2) is 32.7 Å². The van der Waals surface area contributed by atoms with Gasteiger partial charge in [0.05, 0.1) is 15.8 Å². The topological polar surface area (TPSA) is 115 Å². The maximum atomic E-state index is 12.9. The van der Waals surface area contributed by atoms with Crippen LogP contribution in [-0.2, 0) is 10.0 Å². The summed E-state index contributed by atoms with van der Waals surface area (Å²) in [7, 11) is -3.71. The van der Waals surface area contributed by atoms with Crippen LogP contribution in [0.1, 0.15) is 13.8 Å². The molecule has 3 rings (SSSR count). The van der Waals surface area contributed by atoms with Gasteiger partial charge >= 0.3 is 5.69 Å². The van der Waals surface area contributed by atoms with Gasteiger partial charge in [-0.2, -0.15) is 4.31 Å². The smallest absolute Gasteiger partial charge is 0.311 e. The van der Waals surface area contributed by atoms with Crippen LogP contribution in [-0.4, -0.2) is 47.9 Å². The largest absolute Gasteiger partial charge is 0.326 e. The van der Waals surface area contributed by atoms with Crippen LogP contribution in [0.2, 0.25) is 0 Å². The van der Waals surface area contributed by atoms with E-state index in [2.05, 4.69) is 15.3 Å². The standard InChI is InChI=1S/C14H18N4O4S.ClH/c1-8-9(2)18(6-5-15-8)23(21,22)10-3-4-12-11(7-10)13(19)17-14(20)16-12;/h3-4,7-9,15H,5-6H2,1-2H3,(H2,16,17,19,20);1H. The molecule has 3 N–H and O–H groups in total. The van der Waals surface area contributed by atoms with E-state index in [4.69, 9.17) is 0 Å². The zero-order valence-corrected chi connectivity index (χ0v) is 14.8. The Balaban J connectivity index is 0.00000208. The molecule has 1 aliphatic heterocycles. The summed E-state index contributed by atoms with van der Waals surface area (Å²) in [4.78, 5) is 27.8. The molecule has 2 unspecified atom stereocenters. The van der Waals surface area contributed by atoms with E-state index in [1.807, 2.05) is 13.8 Å². The summed E-state index contributed by atoms with van der Waals surface area (Å²) in [6.45, 7) is 4.72. The molecule has 0 spiro atoms. The lowest BCUT2D eigenvalue weighted by atomic mass is 10.1. The quantitative estimate of drug-likeness (QED) is 0.685. The van der Waals surface area contributed by atoms with E-state index in [0.29, 0.717) is 18.6 Å². The van der Waals surface area contributed by atoms with Gasteiger partial charge in [-0.05, 0) is 32.0 Å². The molecule has 2 aromatic rings. The SMILES string of the molecule is CC1NCCN(S(=O)(=O)c2ccc3[nH]c(=O)[nH]c(=O)c3c2)C1C.Cl. The maximum absolute atomic E-state index is 12.9. The van der Waals surface area contributed by atoms with Crippen LogP contribution < -0.4 is 16.6 Å². The first-order valence-electron chi connectivity index (χ1n) is 7.32. The molecule has 132 valence electrons. The number of hydrogen-bond acceptors (Lipinski definition) is 5. The van der Waals surface area contributed by atoms with Crippen molar-refractivity contribution in [2.75, 3.05) is 13.1 Å². The number of H-pyrrole nitrogens is 2. The fourth-order valence-corrected chi connectivity index (χ4v) is 4.53. The normalized spacial score (nSPS) is 22.2. The second kappa shape index (κ2) is 6.67.